The van der Waals surface area contributed by atoms with Gasteiger partial charge in [0.05, 0.1) is 0 Å². The Morgan fingerprint density at radius 1 is 1.47 bits per heavy atom. The fourth-order valence-electron chi connectivity index (χ4n) is 1.72. The molecule has 0 heterocycles. The Bertz CT molecular complexity index is 311. The summed E-state index contributed by atoms with van der Waals surface area (Å²) >= 11 is 0. The Labute approximate surface area is 90.5 Å². The van der Waals surface area contributed by atoms with Gasteiger partial charge in [0.15, 0.2) is 0 Å². The number of hydrogen-bond acceptors (Lipinski definition) is 3. The maximum absolute atomic E-state index is 11.9. The van der Waals surface area contributed by atoms with E-state index in [1.807, 2.05) is 0 Å². The lowest BCUT2D eigenvalue weighted by atomic mass is 9.98. The maximum Gasteiger partial charge on any atom is 0.320 e. The molecule has 0 bridgehead atoms. The highest BCUT2D eigenvalue weighted by molar-refractivity contribution is 6.06. The van der Waals surface area contributed by atoms with Crippen LogP contribution < -0.4 is 0 Å². The van der Waals surface area contributed by atoms with Gasteiger partial charge in [-0.1, -0.05) is 6.08 Å². The third kappa shape index (κ3) is 2.11. The Morgan fingerprint density at radius 2 is 2.00 bits per heavy atom. The van der Waals surface area contributed by atoms with Crippen LogP contribution in [0.2, 0.25) is 0 Å². The number of rotatable bonds is 3. The molecule has 84 valence electrons. The van der Waals surface area contributed by atoms with Crippen molar-refractivity contribution in [1.29, 1.82) is 0 Å². The molecule has 0 aromatic carbocycles. The van der Waals surface area contributed by atoms with E-state index in [4.69, 9.17) is 4.74 Å². The number of carbonyl (C=O) groups is 2. The fourth-order valence-corrected chi connectivity index (χ4v) is 1.72. The SMILES string of the molecule is C=CC1C[C@@]1(C(C)=O)C(=O)OC(C)(C)C. The highest BCUT2D eigenvalue weighted by Crippen LogP contribution is 2.55. The van der Waals surface area contributed by atoms with Crippen molar-refractivity contribution >= 4 is 11.8 Å². The van der Waals surface area contributed by atoms with Gasteiger partial charge in [-0.15, -0.1) is 6.58 Å². The summed E-state index contributed by atoms with van der Waals surface area (Å²) in [5, 5.41) is 0. The first kappa shape index (κ1) is 12.0. The van der Waals surface area contributed by atoms with Crippen LogP contribution in [0.5, 0.6) is 0 Å². The Kier molecular flexibility index (Phi) is 2.77. The van der Waals surface area contributed by atoms with E-state index in [0.29, 0.717) is 6.42 Å². The van der Waals surface area contributed by atoms with Crippen LogP contribution in [-0.2, 0) is 14.3 Å². The summed E-state index contributed by atoms with van der Waals surface area (Å²) in [6.45, 7) is 10.4. The van der Waals surface area contributed by atoms with Gasteiger partial charge in [-0.2, -0.15) is 0 Å². The minimum atomic E-state index is -0.935. The van der Waals surface area contributed by atoms with Crippen molar-refractivity contribution in [1.82, 2.24) is 0 Å². The molecular weight excluding hydrogens is 192 g/mol. The third-order valence-corrected chi connectivity index (χ3v) is 2.69. The first-order valence-electron chi connectivity index (χ1n) is 5.11. The van der Waals surface area contributed by atoms with Crippen LogP contribution in [0.15, 0.2) is 12.7 Å². The van der Waals surface area contributed by atoms with Crippen LogP contribution in [0.3, 0.4) is 0 Å². The van der Waals surface area contributed by atoms with Crippen LogP contribution >= 0.6 is 0 Å². The van der Waals surface area contributed by atoms with E-state index in [2.05, 4.69) is 6.58 Å². The summed E-state index contributed by atoms with van der Waals surface area (Å²) in [6, 6.07) is 0. The zero-order valence-electron chi connectivity index (χ0n) is 9.79. The lowest BCUT2D eigenvalue weighted by molar-refractivity contribution is -0.164. The van der Waals surface area contributed by atoms with E-state index in [0.717, 1.165) is 0 Å². The second-order valence-corrected chi connectivity index (χ2v) is 5.08. The van der Waals surface area contributed by atoms with Gasteiger partial charge in [-0.3, -0.25) is 9.59 Å². The smallest absolute Gasteiger partial charge is 0.320 e. The van der Waals surface area contributed by atoms with Crippen molar-refractivity contribution in [3.8, 4) is 0 Å². The van der Waals surface area contributed by atoms with Crippen molar-refractivity contribution in [2.45, 2.75) is 39.7 Å². The molecule has 1 aliphatic rings. The Hall–Kier alpha value is -1.12. The highest BCUT2D eigenvalue weighted by atomic mass is 16.6. The topological polar surface area (TPSA) is 43.4 Å². The molecule has 1 aliphatic carbocycles. The predicted octanol–water partition coefficient (Wildman–Crippen LogP) is 2.11. The second-order valence-electron chi connectivity index (χ2n) is 5.08. The molecule has 2 atom stereocenters. The van der Waals surface area contributed by atoms with E-state index in [9.17, 15) is 9.59 Å². The van der Waals surface area contributed by atoms with E-state index in [1.54, 1.807) is 26.8 Å². The molecular formula is C12H18O3. The quantitative estimate of drug-likeness (QED) is 0.407. The molecule has 3 nitrogen and oxygen atoms in total. The standard InChI is InChI=1S/C12H18O3/c1-6-9-7-12(9,8(2)13)10(14)15-11(3,4)5/h6,9H,1,7H2,2-5H3/t9?,12-/m0/s1. The van der Waals surface area contributed by atoms with Gasteiger partial charge in [0, 0.05) is 5.92 Å². The maximum atomic E-state index is 11.9. The van der Waals surface area contributed by atoms with E-state index < -0.39 is 17.0 Å². The highest BCUT2D eigenvalue weighted by Gasteiger charge is 2.64. The second kappa shape index (κ2) is 3.47. The van der Waals surface area contributed by atoms with Crippen LogP contribution in [0.25, 0.3) is 0 Å². The molecule has 0 aromatic rings. The van der Waals surface area contributed by atoms with Crippen molar-refractivity contribution in [3.63, 3.8) is 0 Å². The number of ether oxygens (including phenoxy) is 1. The normalized spacial score (nSPS) is 29.5. The van der Waals surface area contributed by atoms with Gasteiger partial charge in [-0.25, -0.2) is 0 Å². The summed E-state index contributed by atoms with van der Waals surface area (Å²) < 4.78 is 5.25. The molecule has 1 saturated carbocycles. The number of Topliss-reactive ketones (excluding diaryl/α,β-unsaturated/α-hetero) is 1. The van der Waals surface area contributed by atoms with Crippen LogP contribution in [-0.4, -0.2) is 17.4 Å². The van der Waals surface area contributed by atoms with Crippen LogP contribution in [0.4, 0.5) is 0 Å². The van der Waals surface area contributed by atoms with Gasteiger partial charge in [0.25, 0.3) is 0 Å². The molecule has 1 rings (SSSR count). The first-order chi connectivity index (χ1) is 6.74. The summed E-state index contributed by atoms with van der Waals surface area (Å²) in [6.07, 6.45) is 2.20. The first-order valence-corrected chi connectivity index (χ1v) is 5.11. The Balaban J connectivity index is 2.82. The minimum absolute atomic E-state index is 0.0511. The van der Waals surface area contributed by atoms with E-state index in [-0.39, 0.29) is 11.7 Å². The molecule has 0 aliphatic heterocycles. The third-order valence-electron chi connectivity index (χ3n) is 2.69. The monoisotopic (exact) mass is 210 g/mol. The molecule has 0 amide bonds. The van der Waals surface area contributed by atoms with Gasteiger partial charge < -0.3 is 4.74 Å². The molecule has 0 spiro atoms. The van der Waals surface area contributed by atoms with Gasteiger partial charge >= 0.3 is 5.97 Å². The van der Waals surface area contributed by atoms with Gasteiger partial charge in [-0.05, 0) is 34.1 Å². The average molecular weight is 210 g/mol. The lowest BCUT2D eigenvalue weighted by Gasteiger charge is -2.23. The number of allylic oxidation sites excluding steroid dienone is 1. The van der Waals surface area contributed by atoms with E-state index >= 15 is 0 Å². The zero-order valence-corrected chi connectivity index (χ0v) is 9.79. The van der Waals surface area contributed by atoms with Crippen molar-refractivity contribution < 1.29 is 14.3 Å². The van der Waals surface area contributed by atoms with Crippen LogP contribution in [0, 0.1) is 11.3 Å². The minimum Gasteiger partial charge on any atom is -0.459 e. The van der Waals surface area contributed by atoms with Crippen molar-refractivity contribution in [2.24, 2.45) is 11.3 Å². The molecule has 0 radical (unpaired) electrons. The van der Waals surface area contributed by atoms with Crippen LogP contribution in [0.1, 0.15) is 34.1 Å². The Morgan fingerprint density at radius 3 is 2.27 bits per heavy atom. The molecule has 15 heavy (non-hydrogen) atoms. The molecule has 1 unspecified atom stereocenters. The molecule has 0 saturated heterocycles. The summed E-state index contributed by atoms with van der Waals surface area (Å²) in [5.41, 5.74) is -1.48. The van der Waals surface area contributed by atoms with Crippen molar-refractivity contribution in [2.75, 3.05) is 0 Å². The summed E-state index contributed by atoms with van der Waals surface area (Å²) in [5.74, 6) is -0.584. The molecule has 0 aromatic heterocycles. The predicted molar refractivity (Wildman–Crippen MR) is 57.3 cm³/mol. The molecule has 3 heteroatoms. The van der Waals surface area contributed by atoms with Gasteiger partial charge in [0.2, 0.25) is 0 Å². The number of hydrogen-bond donors (Lipinski definition) is 0. The fraction of sp³-hybridized carbons (Fsp3) is 0.667. The largest absolute Gasteiger partial charge is 0.459 e. The average Bonchev–Trinajstić information content (AvgIpc) is 2.75. The number of ketones is 1. The lowest BCUT2D eigenvalue weighted by Crippen LogP contribution is -2.34. The van der Waals surface area contributed by atoms with Gasteiger partial charge in [0.1, 0.15) is 16.8 Å². The van der Waals surface area contributed by atoms with E-state index in [1.165, 1.54) is 6.92 Å². The molecule has 1 fully saturated rings. The summed E-state index contributed by atoms with van der Waals surface area (Å²) in [4.78, 5) is 23.3. The summed E-state index contributed by atoms with van der Waals surface area (Å²) in [7, 11) is 0. The number of esters is 1. The molecule has 0 N–H and O–H groups in total. The van der Waals surface area contributed by atoms with Crippen molar-refractivity contribution in [3.05, 3.63) is 12.7 Å². The zero-order chi connectivity index (χ0) is 11.9. The number of carbonyl (C=O) groups excluding carboxylic acids is 2.